The van der Waals surface area contributed by atoms with Crippen LogP contribution in [0.15, 0.2) is 22.4 Å². The molecule has 3 aliphatic carbocycles. The third-order valence-electron chi connectivity index (χ3n) is 4.96. The van der Waals surface area contributed by atoms with Gasteiger partial charge in [-0.05, 0) is 55.1 Å². The summed E-state index contributed by atoms with van der Waals surface area (Å²) < 4.78 is 0. The van der Waals surface area contributed by atoms with Gasteiger partial charge in [0.1, 0.15) is 0 Å². The molecule has 0 radical (unpaired) electrons. The van der Waals surface area contributed by atoms with Crippen molar-refractivity contribution in [2.45, 2.75) is 57.8 Å². The topological polar surface area (TPSA) is 0 Å². The Hall–Kier alpha value is -0.303. The standard InChI is InChI=1S/C15H24Si/c16-14-10-9-13(11-5-1-2-6-11)15(14)12-7-3-4-8-12/h9,11-12H,1-8,10H2,16H3. The van der Waals surface area contributed by atoms with Gasteiger partial charge >= 0.3 is 0 Å². The lowest BCUT2D eigenvalue weighted by molar-refractivity contribution is 0.589. The summed E-state index contributed by atoms with van der Waals surface area (Å²) in [7, 11) is 1.31. The average molecular weight is 232 g/mol. The molecule has 0 amide bonds. The molecule has 0 N–H and O–H groups in total. The lowest BCUT2D eigenvalue weighted by Crippen LogP contribution is -2.08. The molecule has 16 heavy (non-hydrogen) atoms. The van der Waals surface area contributed by atoms with Crippen LogP contribution in [0.4, 0.5) is 0 Å². The number of hydrogen-bond donors (Lipinski definition) is 0. The third-order valence-corrected chi connectivity index (χ3v) is 5.90. The fraction of sp³-hybridized carbons (Fsp3) is 0.733. The Labute approximate surface area is 103 Å². The molecule has 0 aliphatic heterocycles. The zero-order valence-corrected chi connectivity index (χ0v) is 12.6. The molecule has 0 atom stereocenters. The van der Waals surface area contributed by atoms with Gasteiger partial charge in [-0.15, -0.1) is 0 Å². The van der Waals surface area contributed by atoms with Crippen molar-refractivity contribution in [1.29, 1.82) is 0 Å². The van der Waals surface area contributed by atoms with Crippen molar-refractivity contribution in [3.63, 3.8) is 0 Å². The molecule has 3 rings (SSSR count). The van der Waals surface area contributed by atoms with Gasteiger partial charge in [0.15, 0.2) is 0 Å². The van der Waals surface area contributed by atoms with E-state index in [2.05, 4.69) is 6.08 Å². The quantitative estimate of drug-likeness (QED) is 0.641. The maximum absolute atomic E-state index is 2.60. The molecule has 0 heterocycles. The van der Waals surface area contributed by atoms with Gasteiger partial charge in [-0.3, -0.25) is 0 Å². The van der Waals surface area contributed by atoms with Crippen LogP contribution in [0.3, 0.4) is 0 Å². The van der Waals surface area contributed by atoms with E-state index in [0.717, 1.165) is 11.8 Å². The second-order valence-electron chi connectivity index (χ2n) is 6.02. The van der Waals surface area contributed by atoms with E-state index in [-0.39, 0.29) is 0 Å². The molecule has 0 aromatic heterocycles. The van der Waals surface area contributed by atoms with Crippen molar-refractivity contribution < 1.29 is 0 Å². The van der Waals surface area contributed by atoms with E-state index in [1.807, 2.05) is 16.3 Å². The molecule has 0 nitrogen and oxygen atoms in total. The molecule has 0 bridgehead atoms. The van der Waals surface area contributed by atoms with Gasteiger partial charge in [0.05, 0.1) is 0 Å². The zero-order valence-electron chi connectivity index (χ0n) is 10.6. The van der Waals surface area contributed by atoms with E-state index in [1.165, 1.54) is 68.0 Å². The summed E-state index contributed by atoms with van der Waals surface area (Å²) in [6, 6.07) is 0. The van der Waals surface area contributed by atoms with E-state index in [0.29, 0.717) is 0 Å². The summed E-state index contributed by atoms with van der Waals surface area (Å²) in [5, 5.41) is 1.84. The normalized spacial score (nSPS) is 28.4. The van der Waals surface area contributed by atoms with E-state index < -0.39 is 0 Å². The molecule has 0 aromatic carbocycles. The molecule has 0 saturated heterocycles. The van der Waals surface area contributed by atoms with Crippen molar-refractivity contribution >= 4 is 10.2 Å². The Morgan fingerprint density at radius 3 is 2.06 bits per heavy atom. The maximum atomic E-state index is 2.60. The first kappa shape index (κ1) is 10.8. The molecule has 2 fully saturated rings. The summed E-state index contributed by atoms with van der Waals surface area (Å²) in [4.78, 5) is 0. The van der Waals surface area contributed by atoms with Crippen molar-refractivity contribution in [3.05, 3.63) is 22.4 Å². The van der Waals surface area contributed by atoms with Gasteiger partial charge in [-0.2, -0.15) is 0 Å². The fourth-order valence-corrected chi connectivity index (χ4v) is 5.05. The second-order valence-corrected chi connectivity index (χ2v) is 7.23. The van der Waals surface area contributed by atoms with Crippen molar-refractivity contribution in [2.24, 2.45) is 11.8 Å². The van der Waals surface area contributed by atoms with Gasteiger partial charge in [0.25, 0.3) is 0 Å². The molecule has 0 aromatic rings. The van der Waals surface area contributed by atoms with E-state index in [4.69, 9.17) is 0 Å². The molecule has 2 saturated carbocycles. The van der Waals surface area contributed by atoms with Crippen LogP contribution >= 0.6 is 0 Å². The van der Waals surface area contributed by atoms with Crippen LogP contribution in [-0.2, 0) is 0 Å². The lowest BCUT2D eigenvalue weighted by atomic mass is 9.85. The Balaban J connectivity index is 1.82. The van der Waals surface area contributed by atoms with Crippen molar-refractivity contribution in [3.8, 4) is 0 Å². The molecule has 1 heteroatoms. The summed E-state index contributed by atoms with van der Waals surface area (Å²) in [5.41, 5.74) is 3.71. The zero-order chi connectivity index (χ0) is 11.0. The minimum atomic E-state index is 0.960. The van der Waals surface area contributed by atoms with Crippen LogP contribution in [0.1, 0.15) is 57.8 Å². The van der Waals surface area contributed by atoms with Gasteiger partial charge in [-0.25, -0.2) is 0 Å². The van der Waals surface area contributed by atoms with Crippen LogP contribution in [0.2, 0.25) is 0 Å². The highest BCUT2D eigenvalue weighted by molar-refractivity contribution is 6.23. The number of hydrogen-bond acceptors (Lipinski definition) is 0. The molecule has 88 valence electrons. The first-order valence-corrected chi connectivity index (χ1v) is 8.26. The predicted molar refractivity (Wildman–Crippen MR) is 73.6 cm³/mol. The Kier molecular flexibility index (Phi) is 3.06. The van der Waals surface area contributed by atoms with Crippen LogP contribution in [0.5, 0.6) is 0 Å². The largest absolute Gasteiger partial charge is 0.0844 e. The number of rotatable bonds is 2. The Morgan fingerprint density at radius 1 is 0.875 bits per heavy atom. The second kappa shape index (κ2) is 4.52. The first-order valence-electron chi connectivity index (χ1n) is 7.26. The Bertz CT molecular complexity index is 325. The molecular weight excluding hydrogens is 208 g/mol. The summed E-state index contributed by atoms with van der Waals surface area (Å²) in [6.45, 7) is 0. The minimum absolute atomic E-state index is 0.960. The SMILES string of the molecule is [SiH3]C1=C(C2CCCC2)C(C2CCCC2)=CC1. The highest BCUT2D eigenvalue weighted by Gasteiger charge is 2.30. The fourth-order valence-electron chi connectivity index (χ4n) is 4.15. The molecule has 0 spiro atoms. The monoisotopic (exact) mass is 232 g/mol. The van der Waals surface area contributed by atoms with Crippen molar-refractivity contribution in [1.82, 2.24) is 0 Å². The molecular formula is C15H24Si. The van der Waals surface area contributed by atoms with Gasteiger partial charge in [-0.1, -0.05) is 37.0 Å². The minimum Gasteiger partial charge on any atom is -0.0844 e. The average Bonchev–Trinajstić information content (AvgIpc) is 2.96. The smallest absolute Gasteiger partial charge is 0.0341 e. The van der Waals surface area contributed by atoms with E-state index >= 15 is 0 Å². The van der Waals surface area contributed by atoms with Gasteiger partial charge in [0, 0.05) is 10.2 Å². The summed E-state index contributed by atoms with van der Waals surface area (Å²) >= 11 is 0. The first-order chi connectivity index (χ1) is 7.86. The highest BCUT2D eigenvalue weighted by atomic mass is 28.1. The lowest BCUT2D eigenvalue weighted by Gasteiger charge is -2.21. The van der Waals surface area contributed by atoms with Crippen LogP contribution < -0.4 is 0 Å². The van der Waals surface area contributed by atoms with Crippen molar-refractivity contribution in [2.75, 3.05) is 0 Å². The summed E-state index contributed by atoms with van der Waals surface area (Å²) in [5.74, 6) is 1.93. The Morgan fingerprint density at radius 2 is 1.44 bits per heavy atom. The van der Waals surface area contributed by atoms with Gasteiger partial charge in [0.2, 0.25) is 0 Å². The third kappa shape index (κ3) is 1.83. The highest BCUT2D eigenvalue weighted by Crippen LogP contribution is 2.45. The predicted octanol–water partition coefficient (Wildman–Crippen LogP) is 3.32. The van der Waals surface area contributed by atoms with Crippen LogP contribution in [0, 0.1) is 11.8 Å². The van der Waals surface area contributed by atoms with Crippen LogP contribution in [0.25, 0.3) is 0 Å². The molecule has 3 aliphatic rings. The molecule has 0 unspecified atom stereocenters. The summed E-state index contributed by atoms with van der Waals surface area (Å²) in [6.07, 6.45) is 15.8. The van der Waals surface area contributed by atoms with E-state index in [1.54, 1.807) is 0 Å². The van der Waals surface area contributed by atoms with E-state index in [9.17, 15) is 0 Å². The van der Waals surface area contributed by atoms with Gasteiger partial charge < -0.3 is 0 Å². The maximum Gasteiger partial charge on any atom is 0.0341 e. The number of allylic oxidation sites excluding steroid dienone is 4. The van der Waals surface area contributed by atoms with Crippen LogP contribution in [-0.4, -0.2) is 10.2 Å².